The molecule has 8 nitrogen and oxygen atoms in total. The molecule has 3 aromatic rings. The van der Waals surface area contributed by atoms with Gasteiger partial charge in [0, 0.05) is 37.6 Å². The Balaban J connectivity index is 1.24. The van der Waals surface area contributed by atoms with Crippen molar-refractivity contribution in [3.8, 4) is 5.75 Å². The molecule has 9 heteroatoms. The zero-order valence-electron chi connectivity index (χ0n) is 22.3. The number of thiophene rings is 1. The second-order valence-corrected chi connectivity index (χ2v) is 11.9. The van der Waals surface area contributed by atoms with E-state index in [1.165, 1.54) is 48.4 Å². The summed E-state index contributed by atoms with van der Waals surface area (Å²) in [6, 6.07) is 4.26. The van der Waals surface area contributed by atoms with E-state index in [2.05, 4.69) is 37.3 Å². The molecule has 6 rings (SSSR count). The van der Waals surface area contributed by atoms with Crippen LogP contribution in [0.2, 0.25) is 0 Å². The number of aliphatic imine (C=N–C) groups is 1. The summed E-state index contributed by atoms with van der Waals surface area (Å²) in [5.41, 5.74) is 4.50. The van der Waals surface area contributed by atoms with E-state index in [-0.39, 0.29) is 11.8 Å². The molecule has 0 spiro atoms. The molecule has 2 aliphatic heterocycles. The number of aromatic nitrogens is 2. The van der Waals surface area contributed by atoms with Crippen molar-refractivity contribution >= 4 is 45.2 Å². The van der Waals surface area contributed by atoms with Gasteiger partial charge in [-0.3, -0.25) is 9.79 Å². The number of benzene rings is 1. The van der Waals surface area contributed by atoms with Crippen LogP contribution in [0.4, 0.5) is 11.5 Å². The van der Waals surface area contributed by atoms with Crippen molar-refractivity contribution in [2.24, 2.45) is 10.9 Å². The number of carbonyl (C=O) groups is 1. The number of carbonyl (C=O) groups excluding carboxylic acids is 1. The molecule has 38 heavy (non-hydrogen) atoms. The van der Waals surface area contributed by atoms with Crippen LogP contribution in [0.25, 0.3) is 10.2 Å². The normalized spacial score (nSPS) is 18.8. The number of ether oxygens (including phenoxy) is 1. The molecule has 0 saturated carbocycles. The first-order valence-electron chi connectivity index (χ1n) is 13.8. The number of nitrogens with zero attached hydrogens (tertiary/aromatic N) is 5. The standard InChI is InChI=1S/C29H36N6O2S/c1-34(2)29(36)19-7-8-22-25(15-19)38-28-26(22)27(31-18-32-28)33-23-13-20-16-30-17-21(20)14-24(23)37-12-6-11-35-9-4-3-5-10-35/h13-14,16,18-19H,3-12,15,17H2,1-2H3,(H,31,32,33)/t19-/m0/s1. The molecule has 1 fully saturated rings. The molecular weight excluding hydrogens is 496 g/mol. The monoisotopic (exact) mass is 532 g/mol. The number of anilines is 2. The third kappa shape index (κ3) is 5.14. The molecule has 2 aromatic heterocycles. The maximum atomic E-state index is 12.6. The Morgan fingerprint density at radius 2 is 2.08 bits per heavy atom. The van der Waals surface area contributed by atoms with Gasteiger partial charge in [-0.1, -0.05) is 6.42 Å². The third-order valence-electron chi connectivity index (χ3n) is 7.95. The van der Waals surface area contributed by atoms with E-state index in [0.29, 0.717) is 13.2 Å². The van der Waals surface area contributed by atoms with Gasteiger partial charge in [0.05, 0.1) is 24.2 Å². The van der Waals surface area contributed by atoms with Crippen molar-refractivity contribution in [2.75, 3.05) is 45.7 Å². The molecule has 3 aliphatic rings. The number of hydrogen-bond donors (Lipinski definition) is 1. The summed E-state index contributed by atoms with van der Waals surface area (Å²) in [5, 5.41) is 4.68. The average Bonchev–Trinajstić information content (AvgIpc) is 3.55. The minimum atomic E-state index is 0.0378. The molecule has 0 radical (unpaired) electrons. The van der Waals surface area contributed by atoms with E-state index < -0.39 is 0 Å². The number of nitrogens with one attached hydrogen (secondary N) is 1. The van der Waals surface area contributed by atoms with Gasteiger partial charge in [-0.15, -0.1) is 11.3 Å². The van der Waals surface area contributed by atoms with Gasteiger partial charge >= 0.3 is 0 Å². The predicted molar refractivity (Wildman–Crippen MR) is 153 cm³/mol. The lowest BCUT2D eigenvalue weighted by Crippen LogP contribution is -2.32. The lowest BCUT2D eigenvalue weighted by Gasteiger charge is -2.26. The molecule has 1 saturated heterocycles. The van der Waals surface area contributed by atoms with Crippen LogP contribution in [0.15, 0.2) is 23.5 Å². The summed E-state index contributed by atoms with van der Waals surface area (Å²) in [5.74, 6) is 1.90. The SMILES string of the molecule is CN(C)C(=O)[C@H]1CCc2c(sc3ncnc(Nc4cc5c(cc4OCCCN4CCCCC4)CN=C5)c23)C1. The Labute approximate surface area is 228 Å². The second kappa shape index (κ2) is 11.0. The van der Waals surface area contributed by atoms with Crippen molar-refractivity contribution in [1.82, 2.24) is 19.8 Å². The Morgan fingerprint density at radius 1 is 1.21 bits per heavy atom. The summed E-state index contributed by atoms with van der Waals surface area (Å²) in [7, 11) is 3.68. The first-order chi connectivity index (χ1) is 18.6. The summed E-state index contributed by atoms with van der Waals surface area (Å²) in [4.78, 5) is 32.8. The Bertz CT molecular complexity index is 1360. The highest BCUT2D eigenvalue weighted by molar-refractivity contribution is 7.19. The Hall–Kier alpha value is -3.04. The summed E-state index contributed by atoms with van der Waals surface area (Å²) in [6.45, 7) is 4.88. The molecular formula is C29H36N6O2S. The first kappa shape index (κ1) is 25.2. The number of rotatable bonds is 8. The average molecular weight is 533 g/mol. The Morgan fingerprint density at radius 3 is 2.92 bits per heavy atom. The van der Waals surface area contributed by atoms with Crippen LogP contribution in [-0.2, 0) is 24.2 Å². The number of aryl methyl sites for hydroxylation is 1. The Kier molecular flexibility index (Phi) is 7.30. The molecule has 1 atom stereocenters. The van der Waals surface area contributed by atoms with Crippen molar-refractivity contribution in [3.63, 3.8) is 0 Å². The van der Waals surface area contributed by atoms with Crippen LogP contribution >= 0.6 is 11.3 Å². The van der Waals surface area contributed by atoms with E-state index in [1.54, 1.807) is 22.6 Å². The topological polar surface area (TPSA) is 83.0 Å². The van der Waals surface area contributed by atoms with Gasteiger partial charge in [0.2, 0.25) is 5.91 Å². The van der Waals surface area contributed by atoms with Crippen LogP contribution in [0, 0.1) is 5.92 Å². The maximum absolute atomic E-state index is 12.6. The third-order valence-corrected chi connectivity index (χ3v) is 9.11. The number of piperidine rings is 1. The number of amides is 1. The fourth-order valence-electron chi connectivity index (χ4n) is 5.92. The molecule has 1 amide bonds. The molecule has 1 N–H and O–H groups in total. The quantitative estimate of drug-likeness (QED) is 0.419. The molecule has 0 bridgehead atoms. The molecule has 200 valence electrons. The number of hydrogen-bond acceptors (Lipinski definition) is 8. The van der Waals surface area contributed by atoms with Crippen LogP contribution in [0.1, 0.15) is 53.7 Å². The lowest BCUT2D eigenvalue weighted by atomic mass is 9.87. The fraction of sp³-hybridized carbons (Fsp3) is 0.517. The van der Waals surface area contributed by atoms with Crippen LogP contribution in [-0.4, -0.2) is 72.2 Å². The van der Waals surface area contributed by atoms with Crippen LogP contribution < -0.4 is 10.1 Å². The van der Waals surface area contributed by atoms with Gasteiger partial charge in [0.1, 0.15) is 22.7 Å². The van der Waals surface area contributed by atoms with Gasteiger partial charge in [-0.25, -0.2) is 9.97 Å². The van der Waals surface area contributed by atoms with E-state index in [1.807, 2.05) is 20.3 Å². The van der Waals surface area contributed by atoms with Gasteiger partial charge in [0.15, 0.2) is 0 Å². The van der Waals surface area contributed by atoms with Crippen LogP contribution in [0.3, 0.4) is 0 Å². The van der Waals surface area contributed by atoms with E-state index >= 15 is 0 Å². The smallest absolute Gasteiger partial charge is 0.225 e. The highest BCUT2D eigenvalue weighted by Gasteiger charge is 2.30. The van der Waals surface area contributed by atoms with E-state index in [0.717, 1.165) is 65.3 Å². The minimum absolute atomic E-state index is 0.0378. The molecule has 1 aromatic carbocycles. The molecule has 0 unspecified atom stereocenters. The number of fused-ring (bicyclic) bond motifs is 4. The van der Waals surface area contributed by atoms with Gasteiger partial charge in [-0.05, 0) is 80.4 Å². The minimum Gasteiger partial charge on any atom is -0.491 e. The molecule has 1 aliphatic carbocycles. The van der Waals surface area contributed by atoms with Gasteiger partial charge in [0.25, 0.3) is 0 Å². The lowest BCUT2D eigenvalue weighted by molar-refractivity contribution is -0.133. The second-order valence-electron chi connectivity index (χ2n) is 10.8. The maximum Gasteiger partial charge on any atom is 0.225 e. The first-order valence-corrected chi connectivity index (χ1v) is 14.6. The van der Waals surface area contributed by atoms with Gasteiger partial charge < -0.3 is 19.9 Å². The predicted octanol–water partition coefficient (Wildman–Crippen LogP) is 4.82. The van der Waals surface area contributed by atoms with Gasteiger partial charge in [-0.2, -0.15) is 0 Å². The zero-order chi connectivity index (χ0) is 26.1. The summed E-state index contributed by atoms with van der Waals surface area (Å²) >= 11 is 1.69. The van der Waals surface area contributed by atoms with Crippen molar-refractivity contribution in [2.45, 2.75) is 51.5 Å². The summed E-state index contributed by atoms with van der Waals surface area (Å²) < 4.78 is 6.37. The number of likely N-dealkylation sites (tertiary alicyclic amines) is 1. The summed E-state index contributed by atoms with van der Waals surface area (Å²) in [6.07, 6.45) is 11.0. The van der Waals surface area contributed by atoms with Crippen LogP contribution in [0.5, 0.6) is 5.75 Å². The fourth-order valence-corrected chi connectivity index (χ4v) is 7.18. The zero-order valence-corrected chi connectivity index (χ0v) is 23.1. The highest BCUT2D eigenvalue weighted by atomic mass is 32.1. The largest absolute Gasteiger partial charge is 0.491 e. The van der Waals surface area contributed by atoms with E-state index in [9.17, 15) is 4.79 Å². The highest BCUT2D eigenvalue weighted by Crippen LogP contribution is 2.42. The van der Waals surface area contributed by atoms with E-state index in [4.69, 9.17) is 4.74 Å². The molecule has 4 heterocycles. The van der Waals surface area contributed by atoms with Crippen molar-refractivity contribution in [3.05, 3.63) is 40.0 Å². The van der Waals surface area contributed by atoms with Crippen molar-refractivity contribution < 1.29 is 9.53 Å². The van der Waals surface area contributed by atoms with Crippen molar-refractivity contribution in [1.29, 1.82) is 0 Å².